The van der Waals surface area contributed by atoms with E-state index >= 15 is 0 Å². The number of nitrogens with zero attached hydrogens (tertiary/aromatic N) is 3. The summed E-state index contributed by atoms with van der Waals surface area (Å²) in [5, 5.41) is 7.83. The molecule has 0 radical (unpaired) electrons. The Morgan fingerprint density at radius 1 is 1.28 bits per heavy atom. The van der Waals surface area contributed by atoms with Gasteiger partial charge in [-0.3, -0.25) is 0 Å². The topological polar surface area (TPSA) is 42.7 Å². The Kier molecular flexibility index (Phi) is 6.94. The quantitative estimate of drug-likeness (QED) is 0.687. The van der Waals surface area contributed by atoms with Crippen LogP contribution in [0.2, 0.25) is 0 Å². The lowest BCUT2D eigenvalue weighted by atomic mass is 9.99. The van der Waals surface area contributed by atoms with Crippen molar-refractivity contribution in [2.75, 3.05) is 13.1 Å². The monoisotopic (exact) mass is 252 g/mol. The predicted molar refractivity (Wildman–Crippen MR) is 75.7 cm³/mol. The lowest BCUT2D eigenvalue weighted by Gasteiger charge is -2.17. The molecule has 0 aliphatic carbocycles. The van der Waals surface area contributed by atoms with Gasteiger partial charge in [-0.15, -0.1) is 0 Å². The summed E-state index contributed by atoms with van der Waals surface area (Å²) < 4.78 is 2.04. The molecule has 0 saturated carbocycles. The van der Waals surface area contributed by atoms with Crippen LogP contribution in [-0.2, 0) is 6.42 Å². The molecule has 0 bridgehead atoms. The third-order valence-corrected chi connectivity index (χ3v) is 3.16. The van der Waals surface area contributed by atoms with Crippen LogP contribution in [0.5, 0.6) is 0 Å². The fraction of sp³-hybridized carbons (Fsp3) is 0.857. The Hall–Kier alpha value is -0.900. The third-order valence-electron chi connectivity index (χ3n) is 3.16. The van der Waals surface area contributed by atoms with Crippen molar-refractivity contribution >= 4 is 0 Å². The van der Waals surface area contributed by atoms with E-state index in [-0.39, 0.29) is 0 Å². The number of nitrogens with one attached hydrogen (secondary N) is 1. The molecule has 1 atom stereocenters. The Morgan fingerprint density at radius 3 is 2.67 bits per heavy atom. The van der Waals surface area contributed by atoms with Crippen molar-refractivity contribution in [1.29, 1.82) is 0 Å². The van der Waals surface area contributed by atoms with Crippen LogP contribution in [0.1, 0.15) is 58.8 Å². The fourth-order valence-electron chi connectivity index (χ4n) is 2.28. The van der Waals surface area contributed by atoms with Gasteiger partial charge in [0.25, 0.3) is 0 Å². The lowest BCUT2D eigenvalue weighted by molar-refractivity contribution is 0.409. The van der Waals surface area contributed by atoms with E-state index in [2.05, 4.69) is 43.1 Å². The van der Waals surface area contributed by atoms with Gasteiger partial charge < -0.3 is 5.32 Å². The van der Waals surface area contributed by atoms with Crippen LogP contribution in [0.15, 0.2) is 6.33 Å². The Balaban J connectivity index is 2.55. The number of aromatic nitrogens is 3. The summed E-state index contributed by atoms with van der Waals surface area (Å²) in [5.41, 5.74) is 0. The molecule has 104 valence electrons. The van der Waals surface area contributed by atoms with Crippen molar-refractivity contribution in [1.82, 2.24) is 20.1 Å². The molecule has 0 aliphatic heterocycles. The highest BCUT2D eigenvalue weighted by molar-refractivity contribution is 4.89. The zero-order valence-corrected chi connectivity index (χ0v) is 12.3. The van der Waals surface area contributed by atoms with Crippen molar-refractivity contribution in [2.45, 2.75) is 59.4 Å². The maximum Gasteiger partial charge on any atom is 0.138 e. The number of hydrogen-bond donors (Lipinski definition) is 1. The van der Waals surface area contributed by atoms with E-state index in [1.54, 1.807) is 6.33 Å². The molecule has 0 saturated heterocycles. The molecule has 0 fully saturated rings. The zero-order chi connectivity index (χ0) is 13.4. The van der Waals surface area contributed by atoms with Gasteiger partial charge >= 0.3 is 0 Å². The standard InChI is InChI=1S/C14H28N4/c1-5-7-13(10-15-8-6-2)9-14-16-11-17-18(14)12(3)4/h11-13,15H,5-10H2,1-4H3. The van der Waals surface area contributed by atoms with Crippen molar-refractivity contribution in [3.05, 3.63) is 12.2 Å². The van der Waals surface area contributed by atoms with E-state index < -0.39 is 0 Å². The minimum atomic E-state index is 0.397. The molecule has 1 unspecified atom stereocenters. The summed E-state index contributed by atoms with van der Waals surface area (Å²) in [5.74, 6) is 1.80. The lowest BCUT2D eigenvalue weighted by Crippen LogP contribution is -2.26. The largest absolute Gasteiger partial charge is 0.316 e. The maximum absolute atomic E-state index is 4.41. The van der Waals surface area contributed by atoms with Crippen LogP contribution in [-0.4, -0.2) is 27.9 Å². The van der Waals surface area contributed by atoms with E-state index in [1.807, 2.05) is 4.68 Å². The molecule has 0 spiro atoms. The van der Waals surface area contributed by atoms with E-state index in [1.165, 1.54) is 19.3 Å². The van der Waals surface area contributed by atoms with Crippen LogP contribution in [0, 0.1) is 5.92 Å². The first-order valence-corrected chi connectivity index (χ1v) is 7.28. The van der Waals surface area contributed by atoms with Gasteiger partial charge in [0, 0.05) is 12.5 Å². The predicted octanol–water partition coefficient (Wildman–Crippen LogP) is 2.82. The van der Waals surface area contributed by atoms with Crippen LogP contribution in [0.3, 0.4) is 0 Å². The summed E-state index contributed by atoms with van der Waals surface area (Å²) in [6, 6.07) is 0.397. The second-order valence-electron chi connectivity index (χ2n) is 5.28. The highest BCUT2D eigenvalue weighted by atomic mass is 15.3. The molecule has 1 aromatic rings. The van der Waals surface area contributed by atoms with Gasteiger partial charge in [-0.2, -0.15) is 5.10 Å². The van der Waals surface area contributed by atoms with E-state index in [4.69, 9.17) is 0 Å². The van der Waals surface area contributed by atoms with Crippen LogP contribution < -0.4 is 5.32 Å². The zero-order valence-electron chi connectivity index (χ0n) is 12.3. The highest BCUT2D eigenvalue weighted by Gasteiger charge is 2.14. The van der Waals surface area contributed by atoms with E-state index in [9.17, 15) is 0 Å². The minimum Gasteiger partial charge on any atom is -0.316 e. The molecule has 0 amide bonds. The van der Waals surface area contributed by atoms with Crippen LogP contribution >= 0.6 is 0 Å². The molecule has 0 aromatic carbocycles. The maximum atomic E-state index is 4.41. The first-order valence-electron chi connectivity index (χ1n) is 7.28. The molecule has 1 rings (SSSR count). The molecule has 0 aliphatic rings. The van der Waals surface area contributed by atoms with Gasteiger partial charge in [0.1, 0.15) is 12.2 Å². The van der Waals surface area contributed by atoms with Crippen molar-refractivity contribution in [3.8, 4) is 0 Å². The summed E-state index contributed by atoms with van der Waals surface area (Å²) in [4.78, 5) is 4.41. The van der Waals surface area contributed by atoms with Crippen molar-refractivity contribution in [3.63, 3.8) is 0 Å². The first kappa shape index (κ1) is 15.2. The molecule has 18 heavy (non-hydrogen) atoms. The van der Waals surface area contributed by atoms with Gasteiger partial charge in [0.05, 0.1) is 0 Å². The Labute approximate surface area is 111 Å². The average Bonchev–Trinajstić information content (AvgIpc) is 2.78. The Morgan fingerprint density at radius 2 is 2.06 bits per heavy atom. The molecule has 1 heterocycles. The van der Waals surface area contributed by atoms with Crippen molar-refractivity contribution in [2.24, 2.45) is 5.92 Å². The second-order valence-corrected chi connectivity index (χ2v) is 5.28. The SMILES string of the molecule is CCCNCC(CCC)Cc1ncnn1C(C)C. The molecule has 4 nitrogen and oxygen atoms in total. The average molecular weight is 252 g/mol. The van der Waals surface area contributed by atoms with Gasteiger partial charge in [-0.25, -0.2) is 9.67 Å². The smallest absolute Gasteiger partial charge is 0.138 e. The van der Waals surface area contributed by atoms with Crippen LogP contribution in [0.4, 0.5) is 0 Å². The number of rotatable bonds is 9. The number of hydrogen-bond acceptors (Lipinski definition) is 3. The van der Waals surface area contributed by atoms with E-state index in [0.717, 1.165) is 25.3 Å². The first-order chi connectivity index (χ1) is 8.69. The van der Waals surface area contributed by atoms with Gasteiger partial charge in [-0.05, 0) is 45.7 Å². The van der Waals surface area contributed by atoms with Gasteiger partial charge in [0.2, 0.25) is 0 Å². The summed E-state index contributed by atoms with van der Waals surface area (Å²) in [6.45, 7) is 11.0. The molecular formula is C14H28N4. The molecule has 4 heteroatoms. The molecule has 1 N–H and O–H groups in total. The minimum absolute atomic E-state index is 0.397. The molecule has 1 aromatic heterocycles. The Bertz CT molecular complexity index is 319. The summed E-state index contributed by atoms with van der Waals surface area (Å²) in [6.07, 6.45) is 6.39. The molecular weight excluding hydrogens is 224 g/mol. The fourth-order valence-corrected chi connectivity index (χ4v) is 2.28. The van der Waals surface area contributed by atoms with Gasteiger partial charge in [-0.1, -0.05) is 20.3 Å². The highest BCUT2D eigenvalue weighted by Crippen LogP contribution is 2.14. The van der Waals surface area contributed by atoms with E-state index in [0.29, 0.717) is 12.0 Å². The van der Waals surface area contributed by atoms with Crippen molar-refractivity contribution < 1.29 is 0 Å². The summed E-state index contributed by atoms with van der Waals surface area (Å²) >= 11 is 0. The second kappa shape index (κ2) is 8.25. The third kappa shape index (κ3) is 4.77. The van der Waals surface area contributed by atoms with Gasteiger partial charge in [0.15, 0.2) is 0 Å². The van der Waals surface area contributed by atoms with Crippen LogP contribution in [0.25, 0.3) is 0 Å². The summed E-state index contributed by atoms with van der Waals surface area (Å²) in [7, 11) is 0. The normalized spacial score (nSPS) is 13.2.